The molecule has 0 aromatic heterocycles. The number of carbonyl (C=O) groups is 1. The topological polar surface area (TPSA) is 43.8 Å². The van der Waals surface area contributed by atoms with Gasteiger partial charge in [0.05, 0.1) is 6.04 Å². The molecule has 0 bridgehead atoms. The van der Waals surface area contributed by atoms with Gasteiger partial charge < -0.3 is 10.0 Å². The summed E-state index contributed by atoms with van der Waals surface area (Å²) in [6, 6.07) is 12.4. The first kappa shape index (κ1) is 18.9. The summed E-state index contributed by atoms with van der Waals surface area (Å²) in [5.74, 6) is -0.0397. The molecule has 2 atom stereocenters. The number of piperidine rings is 1. The Morgan fingerprint density at radius 1 is 1.00 bits per heavy atom. The van der Waals surface area contributed by atoms with Crippen LogP contribution in [0.3, 0.4) is 0 Å². The number of phenols is 1. The lowest BCUT2D eigenvalue weighted by molar-refractivity contribution is -0.137. The van der Waals surface area contributed by atoms with Gasteiger partial charge in [-0.2, -0.15) is 0 Å². The lowest BCUT2D eigenvalue weighted by Gasteiger charge is -2.35. The highest BCUT2D eigenvalue weighted by molar-refractivity contribution is 5.84. The summed E-state index contributed by atoms with van der Waals surface area (Å²) in [7, 11) is 0. The van der Waals surface area contributed by atoms with Crippen LogP contribution in [-0.4, -0.2) is 46.5 Å². The molecule has 2 aliphatic heterocycles. The average Bonchev–Trinajstić information content (AvgIpc) is 3.09. The summed E-state index contributed by atoms with van der Waals surface area (Å²) in [5, 5.41) is 9.44. The highest BCUT2D eigenvalue weighted by Gasteiger charge is 2.40. The standard InChI is InChI=1S/C22H24F2N2O2/c23-18-3-1-2-17(14-18)21(24)26-13-10-20(22(26)28)25-11-8-16(9-12-25)15-4-6-19(27)7-5-15/h1-7,14,16,20-21,27H,8-13H2/t20?,21-/m0/s1. The summed E-state index contributed by atoms with van der Waals surface area (Å²) < 4.78 is 28.2. The first-order chi connectivity index (χ1) is 13.5. The quantitative estimate of drug-likeness (QED) is 0.809. The number of hydrogen-bond acceptors (Lipinski definition) is 3. The van der Waals surface area contributed by atoms with E-state index in [0.717, 1.165) is 32.0 Å². The van der Waals surface area contributed by atoms with Crippen molar-refractivity contribution in [2.45, 2.75) is 37.5 Å². The van der Waals surface area contributed by atoms with Gasteiger partial charge in [-0.1, -0.05) is 24.3 Å². The summed E-state index contributed by atoms with van der Waals surface area (Å²) >= 11 is 0. The Labute approximate surface area is 163 Å². The van der Waals surface area contributed by atoms with Gasteiger partial charge >= 0.3 is 0 Å². The molecule has 0 radical (unpaired) electrons. The first-order valence-corrected chi connectivity index (χ1v) is 9.76. The molecule has 2 aromatic rings. The molecule has 2 aliphatic rings. The van der Waals surface area contributed by atoms with Gasteiger partial charge in [-0.3, -0.25) is 9.69 Å². The number of aromatic hydroxyl groups is 1. The second-order valence-electron chi connectivity index (χ2n) is 7.63. The Bertz CT molecular complexity index is 835. The molecule has 0 aliphatic carbocycles. The second kappa shape index (κ2) is 7.87. The van der Waals surface area contributed by atoms with E-state index in [2.05, 4.69) is 4.90 Å². The minimum Gasteiger partial charge on any atom is -0.508 e. The van der Waals surface area contributed by atoms with E-state index in [1.165, 1.54) is 28.7 Å². The molecular weight excluding hydrogens is 362 g/mol. The number of alkyl halides is 1. The number of likely N-dealkylation sites (tertiary alicyclic amines) is 2. The zero-order valence-electron chi connectivity index (χ0n) is 15.6. The van der Waals surface area contributed by atoms with Gasteiger partial charge in [0.1, 0.15) is 11.6 Å². The third-order valence-electron chi connectivity index (χ3n) is 5.94. The lowest BCUT2D eigenvalue weighted by atomic mass is 9.89. The van der Waals surface area contributed by atoms with E-state index < -0.39 is 12.1 Å². The van der Waals surface area contributed by atoms with Crippen molar-refractivity contribution in [1.82, 2.24) is 9.80 Å². The largest absolute Gasteiger partial charge is 0.508 e. The summed E-state index contributed by atoms with van der Waals surface area (Å²) in [4.78, 5) is 16.2. The molecule has 2 heterocycles. The maximum atomic E-state index is 14.8. The van der Waals surface area contributed by atoms with Crippen LogP contribution >= 0.6 is 0 Å². The monoisotopic (exact) mass is 386 g/mol. The van der Waals surface area contributed by atoms with Crippen LogP contribution in [0.25, 0.3) is 0 Å². The molecule has 1 N–H and O–H groups in total. The third kappa shape index (κ3) is 3.74. The molecule has 6 heteroatoms. The Balaban J connectivity index is 1.37. The molecule has 28 heavy (non-hydrogen) atoms. The van der Waals surface area contributed by atoms with Crippen LogP contribution in [0.4, 0.5) is 8.78 Å². The van der Waals surface area contributed by atoms with Crippen molar-refractivity contribution in [3.63, 3.8) is 0 Å². The van der Waals surface area contributed by atoms with Crippen LogP contribution in [0.2, 0.25) is 0 Å². The Hall–Kier alpha value is -2.47. The zero-order chi connectivity index (χ0) is 19.7. The van der Waals surface area contributed by atoms with Crippen LogP contribution in [0.5, 0.6) is 5.75 Å². The summed E-state index contributed by atoms with van der Waals surface area (Å²) in [5.41, 5.74) is 1.38. The van der Waals surface area contributed by atoms with Gasteiger partial charge in [-0.25, -0.2) is 8.78 Å². The van der Waals surface area contributed by atoms with Gasteiger partial charge in [0.25, 0.3) is 0 Å². The SMILES string of the molecule is O=C1C(N2CCC(c3ccc(O)cc3)CC2)CCN1[C@H](F)c1cccc(F)c1. The Morgan fingerprint density at radius 2 is 1.71 bits per heavy atom. The predicted octanol–water partition coefficient (Wildman–Crippen LogP) is 3.98. The number of halogens is 2. The number of benzene rings is 2. The van der Waals surface area contributed by atoms with E-state index in [1.807, 2.05) is 12.1 Å². The number of rotatable bonds is 4. The number of nitrogens with zero attached hydrogens (tertiary/aromatic N) is 2. The van der Waals surface area contributed by atoms with Crippen LogP contribution in [0, 0.1) is 5.82 Å². The third-order valence-corrected chi connectivity index (χ3v) is 5.94. The van der Waals surface area contributed by atoms with E-state index in [0.29, 0.717) is 18.9 Å². The van der Waals surface area contributed by atoms with E-state index in [-0.39, 0.29) is 23.3 Å². The van der Waals surface area contributed by atoms with E-state index in [9.17, 15) is 18.7 Å². The van der Waals surface area contributed by atoms with Gasteiger partial charge in [0, 0.05) is 12.1 Å². The highest BCUT2D eigenvalue weighted by Crippen LogP contribution is 2.34. The van der Waals surface area contributed by atoms with Crippen LogP contribution in [0.15, 0.2) is 48.5 Å². The van der Waals surface area contributed by atoms with Crippen molar-refractivity contribution in [1.29, 1.82) is 0 Å². The van der Waals surface area contributed by atoms with E-state index in [1.54, 1.807) is 12.1 Å². The van der Waals surface area contributed by atoms with Crippen molar-refractivity contribution in [2.24, 2.45) is 0 Å². The Kier molecular flexibility index (Phi) is 5.31. The van der Waals surface area contributed by atoms with Crippen molar-refractivity contribution < 1.29 is 18.7 Å². The smallest absolute Gasteiger partial charge is 0.242 e. The number of hydrogen-bond donors (Lipinski definition) is 1. The molecule has 4 rings (SSSR count). The van der Waals surface area contributed by atoms with Crippen LogP contribution in [0.1, 0.15) is 42.6 Å². The van der Waals surface area contributed by atoms with Crippen LogP contribution in [-0.2, 0) is 4.79 Å². The maximum absolute atomic E-state index is 14.8. The van der Waals surface area contributed by atoms with Gasteiger partial charge in [0.2, 0.25) is 12.2 Å². The molecule has 2 fully saturated rings. The average molecular weight is 386 g/mol. The predicted molar refractivity (Wildman–Crippen MR) is 102 cm³/mol. The van der Waals surface area contributed by atoms with Gasteiger partial charge in [-0.15, -0.1) is 0 Å². The zero-order valence-corrected chi connectivity index (χ0v) is 15.6. The highest BCUT2D eigenvalue weighted by atomic mass is 19.1. The van der Waals surface area contributed by atoms with Crippen molar-refractivity contribution >= 4 is 5.91 Å². The van der Waals surface area contributed by atoms with Crippen molar-refractivity contribution in [3.8, 4) is 5.75 Å². The van der Waals surface area contributed by atoms with Gasteiger partial charge in [-0.05, 0) is 68.1 Å². The minimum absolute atomic E-state index is 0.181. The summed E-state index contributed by atoms with van der Waals surface area (Å²) in [6.07, 6.45) is 0.843. The van der Waals surface area contributed by atoms with E-state index in [4.69, 9.17) is 0 Å². The maximum Gasteiger partial charge on any atom is 0.242 e. The molecule has 1 unspecified atom stereocenters. The molecule has 1 amide bonds. The minimum atomic E-state index is -1.61. The molecular formula is C22H24F2N2O2. The van der Waals surface area contributed by atoms with Crippen molar-refractivity contribution in [3.05, 3.63) is 65.5 Å². The number of phenolic OH excluding ortho intramolecular Hbond substituents is 1. The molecule has 4 nitrogen and oxygen atoms in total. The summed E-state index contributed by atoms with van der Waals surface area (Å²) in [6.45, 7) is 1.92. The fraction of sp³-hybridized carbons (Fsp3) is 0.409. The lowest BCUT2D eigenvalue weighted by Crippen LogP contribution is -2.45. The van der Waals surface area contributed by atoms with Gasteiger partial charge in [0.15, 0.2) is 0 Å². The molecule has 2 aromatic carbocycles. The molecule has 148 valence electrons. The van der Waals surface area contributed by atoms with Crippen LogP contribution < -0.4 is 0 Å². The fourth-order valence-corrected chi connectivity index (χ4v) is 4.38. The number of amides is 1. The first-order valence-electron chi connectivity index (χ1n) is 9.76. The Morgan fingerprint density at radius 3 is 2.39 bits per heavy atom. The second-order valence-corrected chi connectivity index (χ2v) is 7.63. The van der Waals surface area contributed by atoms with E-state index >= 15 is 0 Å². The number of carbonyl (C=O) groups excluding carboxylic acids is 1. The van der Waals surface area contributed by atoms with Crippen molar-refractivity contribution in [2.75, 3.05) is 19.6 Å². The molecule has 2 saturated heterocycles. The molecule has 0 saturated carbocycles. The molecule has 0 spiro atoms. The normalized spacial score (nSPS) is 22.6. The fourth-order valence-electron chi connectivity index (χ4n) is 4.38.